The van der Waals surface area contributed by atoms with Crippen molar-refractivity contribution in [3.05, 3.63) is 45.8 Å². The fraction of sp³-hybridized carbons (Fsp3) is 0.231. The summed E-state index contributed by atoms with van der Waals surface area (Å²) in [5.74, 6) is 6.56. The molecule has 0 saturated carbocycles. The molecular weight excluding hydrogens is 274 g/mol. The molecule has 0 radical (unpaired) electrons. The number of rotatable bonds is 5. The molecule has 0 atom stereocenters. The first kappa shape index (κ1) is 14.7. The summed E-state index contributed by atoms with van der Waals surface area (Å²) in [6.07, 6.45) is 1.92. The van der Waals surface area contributed by atoms with E-state index in [0.717, 1.165) is 5.56 Å². The van der Waals surface area contributed by atoms with Crippen LogP contribution < -0.4 is 16.0 Å². The minimum absolute atomic E-state index is 0.0418. The average molecular weight is 289 g/mol. The lowest BCUT2D eigenvalue weighted by Crippen LogP contribution is -2.12. The van der Waals surface area contributed by atoms with Gasteiger partial charge in [-0.1, -0.05) is 6.92 Å². The van der Waals surface area contributed by atoms with Gasteiger partial charge in [-0.15, -0.1) is 0 Å². The van der Waals surface area contributed by atoms with E-state index in [4.69, 9.17) is 10.6 Å². The Balaban J connectivity index is 2.43. The Labute approximate surface area is 121 Å². The lowest BCUT2D eigenvalue weighted by atomic mass is 10.2. The highest BCUT2D eigenvalue weighted by Crippen LogP contribution is 2.31. The number of hydrogen-bond donors (Lipinski definition) is 2. The molecule has 0 unspecified atom stereocenters. The average Bonchev–Trinajstić information content (AvgIpc) is 2.48. The van der Waals surface area contributed by atoms with Crippen LogP contribution in [0.4, 0.5) is 11.5 Å². The Morgan fingerprint density at radius 2 is 2.19 bits per heavy atom. The van der Waals surface area contributed by atoms with Gasteiger partial charge in [0.25, 0.3) is 5.69 Å². The molecule has 8 nitrogen and oxygen atoms in total. The lowest BCUT2D eigenvalue weighted by molar-refractivity contribution is -0.384. The normalized spacial score (nSPS) is 10.2. The quantitative estimate of drug-likeness (QED) is 0.493. The number of hydrogen-bond acceptors (Lipinski definition) is 7. The van der Waals surface area contributed by atoms with Gasteiger partial charge in [-0.3, -0.25) is 10.1 Å². The van der Waals surface area contributed by atoms with Crippen molar-refractivity contribution < 1.29 is 9.66 Å². The maximum atomic E-state index is 10.8. The van der Waals surface area contributed by atoms with E-state index in [1.807, 2.05) is 6.92 Å². The van der Waals surface area contributed by atoms with Gasteiger partial charge in [0.05, 0.1) is 16.6 Å². The highest BCUT2D eigenvalue weighted by molar-refractivity contribution is 5.51. The van der Waals surface area contributed by atoms with E-state index in [1.54, 1.807) is 13.0 Å². The van der Waals surface area contributed by atoms with Crippen LogP contribution in [0.5, 0.6) is 11.6 Å². The number of non-ortho nitro benzene ring substituents is 1. The second-order valence-corrected chi connectivity index (χ2v) is 4.31. The number of benzene rings is 1. The Bertz CT molecular complexity index is 675. The van der Waals surface area contributed by atoms with Crippen molar-refractivity contribution >= 4 is 11.5 Å². The second-order valence-electron chi connectivity index (χ2n) is 4.31. The number of nitrogens with two attached hydrogens (primary N) is 1. The SMILES string of the molecule is CCc1c(NN)ncnc1Oc1cc([N+](=O)[O-])ccc1C. The summed E-state index contributed by atoms with van der Waals surface area (Å²) in [6.45, 7) is 3.71. The van der Waals surface area contributed by atoms with Crippen molar-refractivity contribution in [3.8, 4) is 11.6 Å². The third kappa shape index (κ3) is 3.06. The van der Waals surface area contributed by atoms with Crippen LogP contribution in [0.2, 0.25) is 0 Å². The maximum Gasteiger partial charge on any atom is 0.273 e. The van der Waals surface area contributed by atoms with Gasteiger partial charge in [-0.25, -0.2) is 15.8 Å². The van der Waals surface area contributed by atoms with Gasteiger partial charge in [-0.05, 0) is 25.0 Å². The molecule has 1 aromatic carbocycles. The van der Waals surface area contributed by atoms with Gasteiger partial charge < -0.3 is 10.2 Å². The van der Waals surface area contributed by atoms with Crippen LogP contribution in [0, 0.1) is 17.0 Å². The summed E-state index contributed by atoms with van der Waals surface area (Å²) in [5.41, 5.74) is 3.90. The van der Waals surface area contributed by atoms with Crippen LogP contribution in [0.15, 0.2) is 24.5 Å². The van der Waals surface area contributed by atoms with Crippen LogP contribution >= 0.6 is 0 Å². The standard InChI is InChI=1S/C13H15N5O3/c1-3-10-12(17-14)15-7-16-13(10)21-11-6-9(18(19)20)5-4-8(11)2/h4-7H,3,14H2,1-2H3,(H,15,16,17). The Morgan fingerprint density at radius 1 is 1.43 bits per heavy atom. The molecule has 21 heavy (non-hydrogen) atoms. The number of anilines is 1. The topological polar surface area (TPSA) is 116 Å². The van der Waals surface area contributed by atoms with E-state index in [9.17, 15) is 10.1 Å². The number of nitrogens with one attached hydrogen (secondary N) is 1. The number of nitrogens with zero attached hydrogens (tertiary/aromatic N) is 3. The molecule has 1 aromatic heterocycles. The summed E-state index contributed by atoms with van der Waals surface area (Å²) < 4.78 is 5.71. The van der Waals surface area contributed by atoms with Gasteiger partial charge >= 0.3 is 0 Å². The maximum absolute atomic E-state index is 10.8. The highest BCUT2D eigenvalue weighted by Gasteiger charge is 2.15. The van der Waals surface area contributed by atoms with E-state index in [-0.39, 0.29) is 5.69 Å². The van der Waals surface area contributed by atoms with Crippen molar-refractivity contribution in [1.29, 1.82) is 0 Å². The van der Waals surface area contributed by atoms with E-state index in [1.165, 1.54) is 18.5 Å². The van der Waals surface area contributed by atoms with Crippen LogP contribution in [0.25, 0.3) is 0 Å². The number of aryl methyl sites for hydroxylation is 1. The minimum atomic E-state index is -0.472. The molecule has 0 saturated heterocycles. The molecule has 0 fully saturated rings. The summed E-state index contributed by atoms with van der Waals surface area (Å²) in [4.78, 5) is 18.4. The molecule has 0 bridgehead atoms. The predicted molar refractivity (Wildman–Crippen MR) is 77.1 cm³/mol. The third-order valence-electron chi connectivity index (χ3n) is 2.99. The largest absolute Gasteiger partial charge is 0.438 e. The molecule has 110 valence electrons. The molecule has 0 amide bonds. The van der Waals surface area contributed by atoms with Gasteiger partial charge in [0.2, 0.25) is 5.88 Å². The van der Waals surface area contributed by atoms with Gasteiger partial charge in [0.1, 0.15) is 17.9 Å². The number of ether oxygens (including phenoxy) is 1. The monoisotopic (exact) mass is 289 g/mol. The minimum Gasteiger partial charge on any atom is -0.438 e. The molecule has 3 N–H and O–H groups in total. The molecule has 2 rings (SSSR count). The summed E-state index contributed by atoms with van der Waals surface area (Å²) in [7, 11) is 0. The van der Waals surface area contributed by atoms with Gasteiger partial charge in [0.15, 0.2) is 0 Å². The molecule has 0 aliphatic carbocycles. The number of nitro benzene ring substituents is 1. The molecule has 8 heteroatoms. The first-order valence-corrected chi connectivity index (χ1v) is 6.30. The number of aromatic nitrogens is 2. The van der Waals surface area contributed by atoms with E-state index in [0.29, 0.717) is 29.4 Å². The molecule has 2 aromatic rings. The van der Waals surface area contributed by atoms with E-state index < -0.39 is 4.92 Å². The van der Waals surface area contributed by atoms with Gasteiger partial charge in [-0.2, -0.15) is 0 Å². The number of hydrazine groups is 1. The van der Waals surface area contributed by atoms with E-state index in [2.05, 4.69) is 15.4 Å². The molecule has 1 heterocycles. The van der Waals surface area contributed by atoms with Crippen molar-refractivity contribution in [1.82, 2.24) is 9.97 Å². The summed E-state index contributed by atoms with van der Waals surface area (Å²) in [6, 6.07) is 4.42. The van der Waals surface area contributed by atoms with E-state index >= 15 is 0 Å². The molecular formula is C13H15N5O3. The Kier molecular flexibility index (Phi) is 4.29. The van der Waals surface area contributed by atoms with Crippen LogP contribution in [-0.4, -0.2) is 14.9 Å². The zero-order chi connectivity index (χ0) is 15.4. The molecule has 0 aliphatic heterocycles. The summed E-state index contributed by atoms with van der Waals surface area (Å²) in [5, 5.41) is 10.8. The highest BCUT2D eigenvalue weighted by atomic mass is 16.6. The fourth-order valence-electron chi connectivity index (χ4n) is 1.84. The Hall–Kier alpha value is -2.74. The van der Waals surface area contributed by atoms with Crippen molar-refractivity contribution in [3.63, 3.8) is 0 Å². The van der Waals surface area contributed by atoms with Crippen LogP contribution in [0.3, 0.4) is 0 Å². The zero-order valence-corrected chi connectivity index (χ0v) is 11.7. The summed E-state index contributed by atoms with van der Waals surface area (Å²) >= 11 is 0. The first-order valence-electron chi connectivity index (χ1n) is 6.30. The van der Waals surface area contributed by atoms with Crippen LogP contribution in [-0.2, 0) is 6.42 Å². The van der Waals surface area contributed by atoms with Crippen LogP contribution in [0.1, 0.15) is 18.1 Å². The third-order valence-corrected chi connectivity index (χ3v) is 2.99. The van der Waals surface area contributed by atoms with Crippen molar-refractivity contribution in [2.75, 3.05) is 5.43 Å². The van der Waals surface area contributed by atoms with Crippen molar-refractivity contribution in [2.45, 2.75) is 20.3 Å². The molecule has 0 spiro atoms. The van der Waals surface area contributed by atoms with Gasteiger partial charge in [0, 0.05) is 6.07 Å². The number of nitro groups is 1. The lowest BCUT2D eigenvalue weighted by Gasteiger charge is -2.12. The smallest absolute Gasteiger partial charge is 0.273 e. The molecule has 0 aliphatic rings. The fourth-order valence-corrected chi connectivity index (χ4v) is 1.84. The predicted octanol–water partition coefficient (Wildman–Crippen LogP) is 2.33. The zero-order valence-electron chi connectivity index (χ0n) is 11.7. The number of nitrogen functional groups attached to an aromatic ring is 1. The van der Waals surface area contributed by atoms with Crippen molar-refractivity contribution in [2.24, 2.45) is 5.84 Å². The first-order chi connectivity index (χ1) is 10.1. The second kappa shape index (κ2) is 6.14. The Morgan fingerprint density at radius 3 is 2.81 bits per heavy atom.